The molecule has 1 amide bonds. The molecule has 1 aliphatic rings. The summed E-state index contributed by atoms with van der Waals surface area (Å²) in [5.41, 5.74) is 0. The summed E-state index contributed by atoms with van der Waals surface area (Å²) in [5, 5.41) is 8.96. The zero-order valence-corrected chi connectivity index (χ0v) is 12.9. The van der Waals surface area contributed by atoms with Crippen molar-refractivity contribution in [2.24, 2.45) is 11.8 Å². The minimum absolute atomic E-state index is 0.00519. The van der Waals surface area contributed by atoms with E-state index in [1.807, 2.05) is 11.8 Å². The first-order valence-electron chi connectivity index (χ1n) is 7.11. The summed E-state index contributed by atoms with van der Waals surface area (Å²) in [7, 11) is 0. The Balaban J connectivity index is 2.73. The van der Waals surface area contributed by atoms with Gasteiger partial charge < -0.3 is 10.0 Å². The van der Waals surface area contributed by atoms with E-state index in [1.165, 1.54) is 0 Å². The van der Waals surface area contributed by atoms with Crippen molar-refractivity contribution in [3.8, 4) is 0 Å². The molecule has 1 heterocycles. The summed E-state index contributed by atoms with van der Waals surface area (Å²) in [4.78, 5) is 25.3. The van der Waals surface area contributed by atoms with Crippen LogP contribution in [-0.2, 0) is 9.59 Å². The molecule has 0 bridgehead atoms. The van der Waals surface area contributed by atoms with Gasteiger partial charge in [-0.05, 0) is 5.92 Å². The van der Waals surface area contributed by atoms with Gasteiger partial charge in [-0.2, -0.15) is 11.8 Å². The molecule has 0 aliphatic carbocycles. The van der Waals surface area contributed by atoms with Gasteiger partial charge in [-0.1, -0.05) is 33.6 Å². The van der Waals surface area contributed by atoms with Gasteiger partial charge in [0.15, 0.2) is 0 Å². The second-order valence-electron chi connectivity index (χ2n) is 5.22. The third-order valence-electron chi connectivity index (χ3n) is 4.07. The number of aliphatic carboxylic acids is 1. The van der Waals surface area contributed by atoms with Gasteiger partial charge in [0.1, 0.15) is 0 Å². The molecule has 0 spiro atoms. The van der Waals surface area contributed by atoms with E-state index in [0.29, 0.717) is 12.5 Å². The fourth-order valence-corrected chi connectivity index (χ4v) is 3.84. The van der Waals surface area contributed by atoms with Crippen molar-refractivity contribution in [1.29, 1.82) is 0 Å². The lowest BCUT2D eigenvalue weighted by Crippen LogP contribution is -2.50. The average Bonchev–Trinajstić information content (AvgIpc) is 2.39. The topological polar surface area (TPSA) is 57.6 Å². The molecule has 0 aromatic rings. The number of nitrogens with zero attached hydrogens (tertiary/aromatic N) is 1. The third-order valence-corrected chi connectivity index (χ3v) is 5.16. The Kier molecular flexibility index (Phi) is 6.69. The summed E-state index contributed by atoms with van der Waals surface area (Å²) in [6.45, 7) is 6.89. The number of carbonyl (C=O) groups is 2. The molecule has 0 saturated carbocycles. The van der Waals surface area contributed by atoms with Gasteiger partial charge in [-0.15, -0.1) is 0 Å². The number of amides is 1. The minimum atomic E-state index is -0.819. The van der Waals surface area contributed by atoms with Crippen LogP contribution >= 0.6 is 11.8 Å². The molecule has 4 nitrogen and oxygen atoms in total. The quantitative estimate of drug-likeness (QED) is 0.815. The fraction of sp³-hybridized carbons (Fsp3) is 0.857. The van der Waals surface area contributed by atoms with Crippen LogP contribution in [0.5, 0.6) is 0 Å². The van der Waals surface area contributed by atoms with E-state index in [0.717, 1.165) is 24.3 Å². The summed E-state index contributed by atoms with van der Waals surface area (Å²) >= 11 is 1.74. The molecule has 0 aromatic carbocycles. The first-order chi connectivity index (χ1) is 9.01. The minimum Gasteiger partial charge on any atom is -0.481 e. The predicted molar refractivity (Wildman–Crippen MR) is 78.3 cm³/mol. The van der Waals surface area contributed by atoms with E-state index in [1.54, 1.807) is 11.8 Å². The number of carbonyl (C=O) groups excluding carboxylic acids is 1. The molecule has 1 fully saturated rings. The van der Waals surface area contributed by atoms with Crippen LogP contribution in [0.4, 0.5) is 0 Å². The Labute approximate surface area is 119 Å². The van der Waals surface area contributed by atoms with E-state index < -0.39 is 5.97 Å². The molecule has 0 aromatic heterocycles. The second-order valence-corrected chi connectivity index (χ2v) is 6.37. The van der Waals surface area contributed by atoms with Crippen LogP contribution in [0.3, 0.4) is 0 Å². The summed E-state index contributed by atoms with van der Waals surface area (Å²) in [5.74, 6) is 1.37. The van der Waals surface area contributed by atoms with Crippen molar-refractivity contribution in [3.05, 3.63) is 0 Å². The number of rotatable bonds is 6. The Morgan fingerprint density at radius 3 is 2.53 bits per heavy atom. The van der Waals surface area contributed by atoms with Crippen molar-refractivity contribution >= 4 is 23.6 Å². The molecular weight excluding hydrogens is 262 g/mol. The van der Waals surface area contributed by atoms with Crippen molar-refractivity contribution in [1.82, 2.24) is 4.90 Å². The maximum atomic E-state index is 12.6. The predicted octanol–water partition coefficient (Wildman–Crippen LogP) is 2.48. The molecular formula is C14H25NO3S. The highest BCUT2D eigenvalue weighted by Crippen LogP contribution is 2.26. The zero-order chi connectivity index (χ0) is 14.4. The molecule has 1 saturated heterocycles. The van der Waals surface area contributed by atoms with Crippen molar-refractivity contribution in [2.45, 2.75) is 46.1 Å². The number of hydrogen-bond donors (Lipinski definition) is 1. The number of carboxylic acid groups (broad SMARTS) is 1. The Morgan fingerprint density at radius 2 is 2.00 bits per heavy atom. The SMILES string of the molecule is CCC(CC)C(C)C(=O)N1CCSCC1CC(=O)O. The van der Waals surface area contributed by atoms with Gasteiger partial charge in [-0.3, -0.25) is 9.59 Å². The smallest absolute Gasteiger partial charge is 0.305 e. The summed E-state index contributed by atoms with van der Waals surface area (Å²) in [6.07, 6.45) is 2.06. The van der Waals surface area contributed by atoms with Gasteiger partial charge in [0.05, 0.1) is 12.5 Å². The van der Waals surface area contributed by atoms with E-state index in [-0.39, 0.29) is 24.3 Å². The molecule has 19 heavy (non-hydrogen) atoms. The normalized spacial score (nSPS) is 21.5. The highest BCUT2D eigenvalue weighted by Gasteiger charge is 2.33. The summed E-state index contributed by atoms with van der Waals surface area (Å²) < 4.78 is 0. The fourth-order valence-electron chi connectivity index (χ4n) is 2.77. The third kappa shape index (κ3) is 4.41. The molecule has 2 unspecified atom stereocenters. The van der Waals surface area contributed by atoms with Gasteiger partial charge in [0.2, 0.25) is 5.91 Å². The number of hydrogen-bond acceptors (Lipinski definition) is 3. The van der Waals surface area contributed by atoms with E-state index in [2.05, 4.69) is 13.8 Å². The molecule has 1 N–H and O–H groups in total. The van der Waals surface area contributed by atoms with Crippen LogP contribution in [0.25, 0.3) is 0 Å². The van der Waals surface area contributed by atoms with E-state index in [9.17, 15) is 9.59 Å². The molecule has 110 valence electrons. The zero-order valence-electron chi connectivity index (χ0n) is 12.1. The van der Waals surface area contributed by atoms with Gasteiger partial charge >= 0.3 is 5.97 Å². The number of carboxylic acids is 1. The van der Waals surface area contributed by atoms with Gasteiger partial charge in [0.25, 0.3) is 0 Å². The summed E-state index contributed by atoms with van der Waals surface area (Å²) in [6, 6.07) is -0.138. The van der Waals surface area contributed by atoms with E-state index >= 15 is 0 Å². The van der Waals surface area contributed by atoms with Crippen LogP contribution < -0.4 is 0 Å². The Bertz CT molecular complexity index is 318. The maximum absolute atomic E-state index is 12.6. The van der Waals surface area contributed by atoms with E-state index in [4.69, 9.17) is 5.11 Å². The van der Waals surface area contributed by atoms with Crippen molar-refractivity contribution < 1.29 is 14.7 Å². The lowest BCUT2D eigenvalue weighted by molar-refractivity contribution is -0.142. The highest BCUT2D eigenvalue weighted by atomic mass is 32.2. The maximum Gasteiger partial charge on any atom is 0.305 e. The van der Waals surface area contributed by atoms with Crippen LogP contribution in [0.15, 0.2) is 0 Å². The Hall–Kier alpha value is -0.710. The largest absolute Gasteiger partial charge is 0.481 e. The van der Waals surface area contributed by atoms with Crippen molar-refractivity contribution in [3.63, 3.8) is 0 Å². The van der Waals surface area contributed by atoms with Gasteiger partial charge in [-0.25, -0.2) is 0 Å². The first-order valence-corrected chi connectivity index (χ1v) is 8.26. The van der Waals surface area contributed by atoms with Crippen molar-refractivity contribution in [2.75, 3.05) is 18.1 Å². The standard InChI is InChI=1S/C14H25NO3S/c1-4-11(5-2)10(3)14(18)15-6-7-19-9-12(15)8-13(16)17/h10-12H,4-9H2,1-3H3,(H,16,17). The average molecular weight is 287 g/mol. The lowest BCUT2D eigenvalue weighted by Gasteiger charge is -2.37. The van der Waals surface area contributed by atoms with Crippen LogP contribution in [-0.4, -0.2) is 46.0 Å². The first kappa shape index (κ1) is 16.3. The monoisotopic (exact) mass is 287 g/mol. The molecule has 1 aliphatic heterocycles. The molecule has 1 rings (SSSR count). The van der Waals surface area contributed by atoms with Crippen LogP contribution in [0.1, 0.15) is 40.0 Å². The lowest BCUT2D eigenvalue weighted by atomic mass is 9.88. The Morgan fingerprint density at radius 1 is 1.37 bits per heavy atom. The highest BCUT2D eigenvalue weighted by molar-refractivity contribution is 7.99. The molecule has 0 radical (unpaired) electrons. The van der Waals surface area contributed by atoms with Crippen LogP contribution in [0, 0.1) is 11.8 Å². The molecule has 2 atom stereocenters. The molecule has 5 heteroatoms. The van der Waals surface area contributed by atoms with Gasteiger partial charge in [0, 0.05) is 24.0 Å². The number of thioether (sulfide) groups is 1. The van der Waals surface area contributed by atoms with Crippen LogP contribution in [0.2, 0.25) is 0 Å². The second kappa shape index (κ2) is 7.78.